The number of thioether (sulfide) groups is 1. The Bertz CT molecular complexity index is 709. The van der Waals surface area contributed by atoms with E-state index in [1.807, 2.05) is 26.0 Å². The number of amides is 1. The number of aromatic nitrogens is 3. The van der Waals surface area contributed by atoms with Crippen LogP contribution >= 0.6 is 11.8 Å². The van der Waals surface area contributed by atoms with Crippen LogP contribution in [0.5, 0.6) is 0 Å². The smallest absolute Gasteiger partial charge is 0.234 e. The van der Waals surface area contributed by atoms with Crippen molar-refractivity contribution in [3.05, 3.63) is 35.2 Å². The number of carbonyl (C=O) groups excluding carboxylic acids is 1. The molecule has 1 aromatic heterocycles. The molecule has 0 saturated heterocycles. The summed E-state index contributed by atoms with van der Waals surface area (Å²) in [6, 6.07) is 6.02. The highest BCUT2D eigenvalue weighted by Gasteiger charge is 2.16. The number of aryl methyl sites for hydroxylation is 2. The Morgan fingerprint density at radius 1 is 1.29 bits per heavy atom. The maximum atomic E-state index is 12.2. The van der Waals surface area contributed by atoms with Gasteiger partial charge in [-0.25, -0.2) is 0 Å². The summed E-state index contributed by atoms with van der Waals surface area (Å²) in [6.45, 7) is 11.3. The van der Waals surface area contributed by atoms with E-state index in [4.69, 9.17) is 0 Å². The van der Waals surface area contributed by atoms with Gasteiger partial charge < -0.3 is 9.88 Å². The van der Waals surface area contributed by atoms with Gasteiger partial charge in [0, 0.05) is 18.2 Å². The van der Waals surface area contributed by atoms with E-state index in [2.05, 4.69) is 46.9 Å². The Balaban J connectivity index is 2.01. The molecule has 0 atom stereocenters. The van der Waals surface area contributed by atoms with Crippen LogP contribution in [0.1, 0.15) is 50.1 Å². The number of hydrogen-bond acceptors (Lipinski definition) is 4. The predicted molar refractivity (Wildman–Crippen MR) is 99.7 cm³/mol. The minimum atomic E-state index is -0.0240. The maximum Gasteiger partial charge on any atom is 0.234 e. The summed E-state index contributed by atoms with van der Waals surface area (Å²) in [5.74, 6) is 1.61. The van der Waals surface area contributed by atoms with Gasteiger partial charge in [-0.05, 0) is 31.9 Å². The molecule has 1 amide bonds. The number of nitrogens with one attached hydrogen (secondary N) is 1. The summed E-state index contributed by atoms with van der Waals surface area (Å²) in [6.07, 6.45) is 1.01. The van der Waals surface area contributed by atoms with E-state index in [0.29, 0.717) is 11.7 Å². The Morgan fingerprint density at radius 3 is 2.67 bits per heavy atom. The summed E-state index contributed by atoms with van der Waals surface area (Å²) in [7, 11) is 0. The Kier molecular flexibility index (Phi) is 6.43. The Labute approximate surface area is 148 Å². The lowest BCUT2D eigenvalue weighted by Crippen LogP contribution is -2.15. The Morgan fingerprint density at radius 2 is 2.04 bits per heavy atom. The van der Waals surface area contributed by atoms with Crippen molar-refractivity contribution in [1.29, 1.82) is 0 Å². The largest absolute Gasteiger partial charge is 0.325 e. The quantitative estimate of drug-likeness (QED) is 0.765. The van der Waals surface area contributed by atoms with E-state index in [0.717, 1.165) is 35.2 Å². The lowest BCUT2D eigenvalue weighted by Gasteiger charge is -2.11. The third-order valence-corrected chi connectivity index (χ3v) is 4.66. The fraction of sp³-hybridized carbons (Fsp3) is 0.500. The van der Waals surface area contributed by atoms with Crippen LogP contribution in [0.2, 0.25) is 0 Å². The summed E-state index contributed by atoms with van der Waals surface area (Å²) < 4.78 is 2.12. The van der Waals surface area contributed by atoms with Crippen molar-refractivity contribution in [2.45, 2.75) is 58.7 Å². The molecule has 5 nitrogen and oxygen atoms in total. The number of benzene rings is 1. The SMILES string of the molecule is CCCn1c(SCC(=O)Nc2ccc(C)cc2C)nnc1C(C)C. The van der Waals surface area contributed by atoms with Crippen molar-refractivity contribution in [1.82, 2.24) is 14.8 Å². The topological polar surface area (TPSA) is 59.8 Å². The number of hydrogen-bond donors (Lipinski definition) is 1. The first-order valence-electron chi connectivity index (χ1n) is 8.35. The fourth-order valence-corrected chi connectivity index (χ4v) is 3.31. The summed E-state index contributed by atoms with van der Waals surface area (Å²) in [4.78, 5) is 12.2. The van der Waals surface area contributed by atoms with Gasteiger partial charge in [-0.1, -0.05) is 50.2 Å². The summed E-state index contributed by atoms with van der Waals surface area (Å²) in [5.41, 5.74) is 3.13. The standard InChI is InChI=1S/C18H26N4OS/c1-6-9-22-17(12(2)3)20-21-18(22)24-11-16(23)19-15-8-7-13(4)10-14(15)5/h7-8,10,12H,6,9,11H2,1-5H3,(H,19,23). The van der Waals surface area contributed by atoms with Crippen molar-refractivity contribution in [2.75, 3.05) is 11.1 Å². The monoisotopic (exact) mass is 346 g/mol. The molecule has 24 heavy (non-hydrogen) atoms. The van der Waals surface area contributed by atoms with E-state index < -0.39 is 0 Å². The van der Waals surface area contributed by atoms with E-state index in [-0.39, 0.29) is 5.91 Å². The molecular weight excluding hydrogens is 320 g/mol. The number of anilines is 1. The zero-order chi connectivity index (χ0) is 17.7. The van der Waals surface area contributed by atoms with Crippen molar-refractivity contribution < 1.29 is 4.79 Å². The lowest BCUT2D eigenvalue weighted by atomic mass is 10.1. The van der Waals surface area contributed by atoms with E-state index in [1.54, 1.807) is 0 Å². The molecule has 2 rings (SSSR count). The molecule has 0 fully saturated rings. The summed E-state index contributed by atoms with van der Waals surface area (Å²) in [5, 5.41) is 12.3. The van der Waals surface area contributed by atoms with Gasteiger partial charge in [-0.3, -0.25) is 4.79 Å². The van der Waals surface area contributed by atoms with Gasteiger partial charge in [0.15, 0.2) is 5.16 Å². The van der Waals surface area contributed by atoms with Crippen molar-refractivity contribution >= 4 is 23.4 Å². The first-order valence-corrected chi connectivity index (χ1v) is 9.34. The molecule has 1 N–H and O–H groups in total. The van der Waals surface area contributed by atoms with Gasteiger partial charge in [-0.15, -0.1) is 10.2 Å². The number of carbonyl (C=O) groups is 1. The predicted octanol–water partition coefficient (Wildman–Crippen LogP) is 4.16. The molecule has 0 aliphatic rings. The highest BCUT2D eigenvalue weighted by Crippen LogP contribution is 2.22. The molecule has 0 radical (unpaired) electrons. The van der Waals surface area contributed by atoms with Crippen LogP contribution in [-0.2, 0) is 11.3 Å². The highest BCUT2D eigenvalue weighted by atomic mass is 32.2. The van der Waals surface area contributed by atoms with Gasteiger partial charge in [0.2, 0.25) is 5.91 Å². The van der Waals surface area contributed by atoms with E-state index >= 15 is 0 Å². The van der Waals surface area contributed by atoms with Crippen LogP contribution in [-0.4, -0.2) is 26.4 Å². The first-order chi connectivity index (χ1) is 11.4. The minimum Gasteiger partial charge on any atom is -0.325 e. The van der Waals surface area contributed by atoms with Crippen molar-refractivity contribution in [2.24, 2.45) is 0 Å². The molecule has 0 bridgehead atoms. The molecule has 0 spiro atoms. The second kappa shape index (κ2) is 8.33. The molecule has 130 valence electrons. The Hall–Kier alpha value is -1.82. The van der Waals surface area contributed by atoms with Gasteiger partial charge in [0.25, 0.3) is 0 Å². The van der Waals surface area contributed by atoms with Gasteiger partial charge in [0.05, 0.1) is 5.75 Å². The molecule has 1 aromatic carbocycles. The number of nitrogens with zero attached hydrogens (tertiary/aromatic N) is 3. The molecule has 0 aliphatic heterocycles. The zero-order valence-electron chi connectivity index (χ0n) is 15.1. The molecule has 6 heteroatoms. The van der Waals surface area contributed by atoms with Crippen LogP contribution in [0.25, 0.3) is 0 Å². The van der Waals surface area contributed by atoms with Crippen LogP contribution in [0.4, 0.5) is 5.69 Å². The minimum absolute atomic E-state index is 0.0240. The molecule has 0 unspecified atom stereocenters. The number of rotatable bonds is 7. The zero-order valence-corrected chi connectivity index (χ0v) is 15.9. The van der Waals surface area contributed by atoms with Gasteiger partial charge >= 0.3 is 0 Å². The second-order valence-corrected chi connectivity index (χ2v) is 7.24. The summed E-state index contributed by atoms with van der Waals surface area (Å²) >= 11 is 1.44. The van der Waals surface area contributed by atoms with Crippen LogP contribution in [0, 0.1) is 13.8 Å². The van der Waals surface area contributed by atoms with Crippen molar-refractivity contribution in [3.63, 3.8) is 0 Å². The van der Waals surface area contributed by atoms with Crippen LogP contribution in [0.15, 0.2) is 23.4 Å². The molecule has 2 aromatic rings. The maximum absolute atomic E-state index is 12.2. The molecule has 0 saturated carbocycles. The van der Waals surface area contributed by atoms with Crippen molar-refractivity contribution in [3.8, 4) is 0 Å². The third kappa shape index (κ3) is 4.60. The lowest BCUT2D eigenvalue weighted by molar-refractivity contribution is -0.113. The third-order valence-electron chi connectivity index (χ3n) is 3.70. The first kappa shape index (κ1) is 18.5. The van der Waals surface area contributed by atoms with Gasteiger partial charge in [0.1, 0.15) is 5.82 Å². The second-order valence-electron chi connectivity index (χ2n) is 6.30. The molecule has 0 aliphatic carbocycles. The van der Waals surface area contributed by atoms with Crippen LogP contribution in [0.3, 0.4) is 0 Å². The van der Waals surface area contributed by atoms with Gasteiger partial charge in [-0.2, -0.15) is 0 Å². The average molecular weight is 347 g/mol. The average Bonchev–Trinajstić information content (AvgIpc) is 2.91. The highest BCUT2D eigenvalue weighted by molar-refractivity contribution is 7.99. The fourth-order valence-electron chi connectivity index (χ4n) is 2.54. The normalized spacial score (nSPS) is 11.1. The van der Waals surface area contributed by atoms with E-state index in [1.165, 1.54) is 17.3 Å². The van der Waals surface area contributed by atoms with E-state index in [9.17, 15) is 4.79 Å². The molecule has 1 heterocycles. The molecular formula is C18H26N4OS. The van der Waals surface area contributed by atoms with Crippen LogP contribution < -0.4 is 5.32 Å².